The van der Waals surface area contributed by atoms with Crippen molar-refractivity contribution >= 4 is 17.7 Å². The van der Waals surface area contributed by atoms with Crippen LogP contribution < -0.4 is 5.32 Å². The van der Waals surface area contributed by atoms with Crippen molar-refractivity contribution in [3.63, 3.8) is 0 Å². The standard InChI is InChI=1S/C22H23FN2OS/c1-27-17-9-6-15(7-10-17)18-4-2-3-5-19(18)20-11-8-16(23)14-21(20)22(26)25-13-12-24/h2-7,9-10,16,20-21H,8,11,13-14H2,1H3,(H,25,26)/t16-,20?,21+/m0/s1. The van der Waals surface area contributed by atoms with E-state index in [4.69, 9.17) is 5.26 Å². The lowest BCUT2D eigenvalue weighted by molar-refractivity contribution is -0.127. The van der Waals surface area contributed by atoms with E-state index >= 15 is 0 Å². The maximum Gasteiger partial charge on any atom is 0.224 e. The van der Waals surface area contributed by atoms with Gasteiger partial charge in [-0.15, -0.1) is 11.8 Å². The SMILES string of the molecule is CSc1ccc(-c2ccccc2C2CC[C@H](F)C[C@H]2C(=O)NCC#N)cc1. The van der Waals surface area contributed by atoms with Crippen LogP contribution >= 0.6 is 11.8 Å². The molecule has 0 radical (unpaired) electrons. The van der Waals surface area contributed by atoms with Crippen LogP contribution in [0, 0.1) is 17.2 Å². The van der Waals surface area contributed by atoms with E-state index in [1.807, 2.05) is 30.5 Å². The highest BCUT2D eigenvalue weighted by Gasteiger charge is 2.37. The van der Waals surface area contributed by atoms with E-state index in [1.165, 1.54) is 4.90 Å². The molecule has 1 N–H and O–H groups in total. The third-order valence-corrected chi connectivity index (χ3v) is 5.97. The summed E-state index contributed by atoms with van der Waals surface area (Å²) in [6.07, 6.45) is 2.38. The minimum atomic E-state index is -0.966. The van der Waals surface area contributed by atoms with Crippen molar-refractivity contribution in [3.05, 3.63) is 54.1 Å². The quantitative estimate of drug-likeness (QED) is 0.589. The van der Waals surface area contributed by atoms with Crippen LogP contribution in [0.4, 0.5) is 4.39 Å². The molecule has 0 saturated heterocycles. The molecular formula is C22H23FN2OS. The van der Waals surface area contributed by atoms with Crippen LogP contribution in [0.2, 0.25) is 0 Å². The van der Waals surface area contributed by atoms with Gasteiger partial charge in [0.25, 0.3) is 0 Å². The first-order valence-electron chi connectivity index (χ1n) is 9.16. The third kappa shape index (κ3) is 4.51. The molecule has 2 aromatic carbocycles. The molecule has 1 saturated carbocycles. The summed E-state index contributed by atoms with van der Waals surface area (Å²) in [5.74, 6) is -0.725. The van der Waals surface area contributed by atoms with Gasteiger partial charge < -0.3 is 5.32 Å². The first kappa shape index (κ1) is 19.4. The Morgan fingerprint density at radius 3 is 2.67 bits per heavy atom. The summed E-state index contributed by atoms with van der Waals surface area (Å²) in [5.41, 5.74) is 3.27. The molecule has 0 aliphatic heterocycles. The third-order valence-electron chi connectivity index (χ3n) is 5.23. The summed E-state index contributed by atoms with van der Waals surface area (Å²) >= 11 is 1.70. The molecule has 3 atom stereocenters. The lowest BCUT2D eigenvalue weighted by atomic mass is 9.72. The zero-order valence-electron chi connectivity index (χ0n) is 15.3. The Balaban J connectivity index is 1.95. The summed E-state index contributed by atoms with van der Waals surface area (Å²) in [4.78, 5) is 13.8. The summed E-state index contributed by atoms with van der Waals surface area (Å²) < 4.78 is 14.1. The number of rotatable bonds is 5. The molecule has 2 aromatic rings. The van der Waals surface area contributed by atoms with E-state index < -0.39 is 12.1 Å². The highest BCUT2D eigenvalue weighted by atomic mass is 32.2. The van der Waals surface area contributed by atoms with Crippen molar-refractivity contribution in [2.45, 2.75) is 36.2 Å². The monoisotopic (exact) mass is 382 g/mol. The van der Waals surface area contributed by atoms with E-state index in [2.05, 4.69) is 35.6 Å². The lowest BCUT2D eigenvalue weighted by Crippen LogP contribution is -2.38. The molecule has 1 aliphatic carbocycles. The van der Waals surface area contributed by atoms with Gasteiger partial charge in [0.05, 0.1) is 6.07 Å². The number of halogens is 1. The maximum atomic E-state index is 14.1. The van der Waals surface area contributed by atoms with Crippen LogP contribution in [0.15, 0.2) is 53.4 Å². The second-order valence-electron chi connectivity index (χ2n) is 6.81. The number of hydrogen-bond donors (Lipinski definition) is 1. The van der Waals surface area contributed by atoms with Gasteiger partial charge in [0, 0.05) is 10.8 Å². The van der Waals surface area contributed by atoms with Crippen molar-refractivity contribution in [2.75, 3.05) is 12.8 Å². The molecule has 1 aliphatic rings. The van der Waals surface area contributed by atoms with Gasteiger partial charge >= 0.3 is 0 Å². The molecule has 140 valence electrons. The predicted molar refractivity (Wildman–Crippen MR) is 107 cm³/mol. The molecule has 1 unspecified atom stereocenters. The van der Waals surface area contributed by atoms with Gasteiger partial charge in [-0.1, -0.05) is 36.4 Å². The smallest absolute Gasteiger partial charge is 0.224 e. The molecule has 0 aromatic heterocycles. The number of alkyl halides is 1. The van der Waals surface area contributed by atoms with E-state index in [9.17, 15) is 9.18 Å². The van der Waals surface area contributed by atoms with Crippen molar-refractivity contribution < 1.29 is 9.18 Å². The number of carbonyl (C=O) groups excluding carboxylic acids is 1. The average Bonchev–Trinajstić information content (AvgIpc) is 2.72. The number of carbonyl (C=O) groups is 1. The van der Waals surface area contributed by atoms with Crippen molar-refractivity contribution in [3.8, 4) is 17.2 Å². The fourth-order valence-corrected chi connectivity index (χ4v) is 4.30. The first-order valence-corrected chi connectivity index (χ1v) is 10.4. The molecule has 5 heteroatoms. The Bertz CT molecular complexity index is 831. The van der Waals surface area contributed by atoms with Gasteiger partial charge in [-0.2, -0.15) is 5.26 Å². The topological polar surface area (TPSA) is 52.9 Å². The summed E-state index contributed by atoms with van der Waals surface area (Å²) in [5, 5.41) is 11.4. The largest absolute Gasteiger partial charge is 0.343 e. The zero-order valence-corrected chi connectivity index (χ0v) is 16.1. The predicted octanol–water partition coefficient (Wildman–Crippen LogP) is 4.94. The lowest BCUT2D eigenvalue weighted by Gasteiger charge is -2.33. The van der Waals surface area contributed by atoms with Gasteiger partial charge in [0.1, 0.15) is 12.7 Å². The zero-order chi connectivity index (χ0) is 19.2. The molecule has 0 heterocycles. The van der Waals surface area contributed by atoms with Crippen LogP contribution in [0.1, 0.15) is 30.7 Å². The Labute approximate surface area is 164 Å². The Morgan fingerprint density at radius 1 is 1.22 bits per heavy atom. The number of benzene rings is 2. The average molecular weight is 383 g/mol. The fourth-order valence-electron chi connectivity index (χ4n) is 3.89. The van der Waals surface area contributed by atoms with Crippen LogP contribution in [0.3, 0.4) is 0 Å². The van der Waals surface area contributed by atoms with Crippen molar-refractivity contribution in [2.24, 2.45) is 5.92 Å². The second-order valence-corrected chi connectivity index (χ2v) is 7.69. The minimum absolute atomic E-state index is 0.0448. The highest BCUT2D eigenvalue weighted by Crippen LogP contribution is 2.42. The minimum Gasteiger partial charge on any atom is -0.343 e. The van der Waals surface area contributed by atoms with Gasteiger partial charge in [-0.05, 0) is 60.3 Å². The van der Waals surface area contributed by atoms with Gasteiger partial charge in [-0.3, -0.25) is 4.79 Å². The molecule has 1 fully saturated rings. The summed E-state index contributed by atoms with van der Waals surface area (Å²) in [6, 6.07) is 18.4. The number of nitrogens with one attached hydrogen (secondary N) is 1. The Kier molecular flexibility index (Phi) is 6.52. The van der Waals surface area contributed by atoms with Crippen LogP contribution in [0.5, 0.6) is 0 Å². The van der Waals surface area contributed by atoms with E-state index in [-0.39, 0.29) is 24.8 Å². The van der Waals surface area contributed by atoms with Crippen LogP contribution in [0.25, 0.3) is 11.1 Å². The number of thioether (sulfide) groups is 1. The molecule has 3 rings (SSSR count). The molecule has 3 nitrogen and oxygen atoms in total. The molecule has 0 bridgehead atoms. The van der Waals surface area contributed by atoms with Gasteiger partial charge in [-0.25, -0.2) is 4.39 Å². The Morgan fingerprint density at radius 2 is 1.96 bits per heavy atom. The fraction of sp³-hybridized carbons (Fsp3) is 0.364. The van der Waals surface area contributed by atoms with Gasteiger partial charge in [0.15, 0.2) is 0 Å². The first-order chi connectivity index (χ1) is 13.1. The van der Waals surface area contributed by atoms with E-state index in [0.29, 0.717) is 12.8 Å². The highest BCUT2D eigenvalue weighted by molar-refractivity contribution is 7.98. The summed E-state index contributed by atoms with van der Waals surface area (Å²) in [6.45, 7) is -0.0448. The van der Waals surface area contributed by atoms with Crippen LogP contribution in [-0.4, -0.2) is 24.9 Å². The Hall–Kier alpha value is -2.32. The summed E-state index contributed by atoms with van der Waals surface area (Å²) in [7, 11) is 0. The molecular weight excluding hydrogens is 359 g/mol. The van der Waals surface area contributed by atoms with E-state index in [1.54, 1.807) is 11.8 Å². The normalized spacial score (nSPS) is 22.0. The van der Waals surface area contributed by atoms with Crippen molar-refractivity contribution in [1.29, 1.82) is 5.26 Å². The van der Waals surface area contributed by atoms with Gasteiger partial charge in [0.2, 0.25) is 5.91 Å². The molecule has 27 heavy (non-hydrogen) atoms. The molecule has 0 spiro atoms. The van der Waals surface area contributed by atoms with Crippen molar-refractivity contribution in [1.82, 2.24) is 5.32 Å². The van der Waals surface area contributed by atoms with Crippen LogP contribution in [-0.2, 0) is 4.79 Å². The second kappa shape index (κ2) is 9.05. The molecule has 1 amide bonds. The number of nitrogens with zero attached hydrogens (tertiary/aromatic N) is 1. The number of nitriles is 1. The number of amides is 1. The maximum absolute atomic E-state index is 14.1. The number of hydrogen-bond acceptors (Lipinski definition) is 3. The van der Waals surface area contributed by atoms with E-state index in [0.717, 1.165) is 16.7 Å².